The average molecular weight is 340 g/mol. The van der Waals surface area contributed by atoms with Gasteiger partial charge in [-0.2, -0.15) is 0 Å². The number of halogens is 2. The molecule has 23 heavy (non-hydrogen) atoms. The predicted molar refractivity (Wildman–Crippen MR) is 83.7 cm³/mol. The van der Waals surface area contributed by atoms with Crippen molar-refractivity contribution in [2.75, 3.05) is 10.6 Å². The molecule has 1 aromatic carbocycles. The lowest BCUT2D eigenvalue weighted by molar-refractivity contribution is -0.135. The molecule has 0 atom stereocenters. The zero-order valence-electron chi connectivity index (χ0n) is 12.7. The van der Waals surface area contributed by atoms with Crippen LogP contribution in [-0.2, 0) is 9.59 Å². The minimum atomic E-state index is -1.40. The largest absolute Gasteiger partial charge is 0.360 e. The molecule has 0 aliphatic heterocycles. The lowest BCUT2D eigenvalue weighted by Gasteiger charge is -2.22. The van der Waals surface area contributed by atoms with Crippen molar-refractivity contribution in [1.82, 2.24) is 5.16 Å². The summed E-state index contributed by atoms with van der Waals surface area (Å²) >= 11 is 5.66. The summed E-state index contributed by atoms with van der Waals surface area (Å²) in [4.78, 5) is 24.6. The van der Waals surface area contributed by atoms with Crippen molar-refractivity contribution < 1.29 is 18.5 Å². The Bertz CT molecular complexity index is 758. The predicted octanol–water partition coefficient (Wildman–Crippen LogP) is 3.38. The van der Waals surface area contributed by atoms with E-state index in [2.05, 4.69) is 15.8 Å². The van der Waals surface area contributed by atoms with E-state index in [4.69, 9.17) is 16.1 Å². The highest BCUT2D eigenvalue weighted by Gasteiger charge is 2.36. The zero-order valence-corrected chi connectivity index (χ0v) is 13.5. The summed E-state index contributed by atoms with van der Waals surface area (Å²) in [7, 11) is 0. The van der Waals surface area contributed by atoms with E-state index in [-0.39, 0.29) is 10.8 Å². The topological polar surface area (TPSA) is 84.2 Å². The SMILES string of the molecule is Cc1cc(NC(=O)C(C)(C)C(=O)Nc2ccc(F)c(Cl)c2)no1. The van der Waals surface area contributed by atoms with E-state index >= 15 is 0 Å². The molecule has 0 fully saturated rings. The van der Waals surface area contributed by atoms with Gasteiger partial charge >= 0.3 is 0 Å². The monoisotopic (exact) mass is 339 g/mol. The van der Waals surface area contributed by atoms with Gasteiger partial charge < -0.3 is 15.2 Å². The summed E-state index contributed by atoms with van der Waals surface area (Å²) in [6, 6.07) is 5.28. The van der Waals surface area contributed by atoms with Crippen LogP contribution in [0.4, 0.5) is 15.9 Å². The molecule has 2 amide bonds. The number of amides is 2. The molecule has 2 rings (SSSR count). The van der Waals surface area contributed by atoms with E-state index in [1.54, 1.807) is 6.92 Å². The molecule has 0 aliphatic carbocycles. The molecule has 0 unspecified atom stereocenters. The van der Waals surface area contributed by atoms with E-state index in [0.717, 1.165) is 6.07 Å². The first-order valence-corrected chi connectivity index (χ1v) is 7.09. The van der Waals surface area contributed by atoms with Crippen LogP contribution >= 0.6 is 11.6 Å². The van der Waals surface area contributed by atoms with Gasteiger partial charge in [-0.05, 0) is 39.0 Å². The summed E-state index contributed by atoms with van der Waals surface area (Å²) in [5.41, 5.74) is -1.10. The number of nitrogens with one attached hydrogen (secondary N) is 2. The minimum Gasteiger partial charge on any atom is -0.360 e. The van der Waals surface area contributed by atoms with Crippen LogP contribution in [-0.4, -0.2) is 17.0 Å². The third-order valence-electron chi connectivity index (χ3n) is 3.18. The van der Waals surface area contributed by atoms with E-state index in [1.807, 2.05) is 0 Å². The van der Waals surface area contributed by atoms with Gasteiger partial charge in [0.25, 0.3) is 0 Å². The van der Waals surface area contributed by atoms with Gasteiger partial charge in [0.1, 0.15) is 17.0 Å². The van der Waals surface area contributed by atoms with Crippen molar-refractivity contribution >= 4 is 34.9 Å². The van der Waals surface area contributed by atoms with Crippen LogP contribution in [0.3, 0.4) is 0 Å². The van der Waals surface area contributed by atoms with Gasteiger partial charge in [0.15, 0.2) is 5.82 Å². The standard InChI is InChI=1S/C15H15ClFN3O3/c1-8-6-12(20-23-8)19-14(22)15(2,3)13(21)18-9-4-5-11(17)10(16)7-9/h4-7H,1-3H3,(H,18,21)(H,19,20,22). The lowest BCUT2D eigenvalue weighted by Crippen LogP contribution is -2.41. The fraction of sp³-hybridized carbons (Fsp3) is 0.267. The summed E-state index contributed by atoms with van der Waals surface area (Å²) in [5.74, 6) is -0.973. The first-order chi connectivity index (χ1) is 10.7. The van der Waals surface area contributed by atoms with Crippen molar-refractivity contribution in [3.63, 3.8) is 0 Å². The molecule has 1 aromatic heterocycles. The highest BCUT2D eigenvalue weighted by Crippen LogP contribution is 2.24. The Morgan fingerprint density at radius 2 is 1.87 bits per heavy atom. The van der Waals surface area contributed by atoms with Crippen LogP contribution in [0.5, 0.6) is 0 Å². The Balaban J connectivity index is 2.09. The Hall–Kier alpha value is -2.41. The molecule has 0 saturated carbocycles. The van der Waals surface area contributed by atoms with Crippen LogP contribution in [0.1, 0.15) is 19.6 Å². The quantitative estimate of drug-likeness (QED) is 0.836. The molecule has 0 spiro atoms. The summed E-state index contributed by atoms with van der Waals surface area (Å²) < 4.78 is 18.0. The second-order valence-electron chi connectivity index (χ2n) is 5.48. The number of nitrogens with zero attached hydrogens (tertiary/aromatic N) is 1. The normalized spacial score (nSPS) is 11.2. The smallest absolute Gasteiger partial charge is 0.240 e. The van der Waals surface area contributed by atoms with E-state index in [1.165, 1.54) is 32.0 Å². The Kier molecular flexibility index (Phi) is 4.70. The third kappa shape index (κ3) is 3.87. The van der Waals surface area contributed by atoms with Crippen LogP contribution < -0.4 is 10.6 Å². The summed E-state index contributed by atoms with van der Waals surface area (Å²) in [6.45, 7) is 4.59. The maximum Gasteiger partial charge on any atom is 0.240 e. The number of carbonyl (C=O) groups is 2. The molecule has 0 saturated heterocycles. The second-order valence-corrected chi connectivity index (χ2v) is 5.89. The van der Waals surface area contributed by atoms with Gasteiger partial charge in [0.05, 0.1) is 5.02 Å². The fourth-order valence-electron chi connectivity index (χ4n) is 1.66. The van der Waals surface area contributed by atoms with E-state index < -0.39 is 23.0 Å². The lowest BCUT2D eigenvalue weighted by atomic mass is 9.91. The number of aryl methyl sites for hydroxylation is 1. The fourth-order valence-corrected chi connectivity index (χ4v) is 1.84. The molecule has 2 N–H and O–H groups in total. The molecule has 6 nitrogen and oxygen atoms in total. The maximum absolute atomic E-state index is 13.1. The average Bonchev–Trinajstić information content (AvgIpc) is 2.88. The van der Waals surface area contributed by atoms with Gasteiger partial charge in [-0.3, -0.25) is 9.59 Å². The van der Waals surface area contributed by atoms with Crippen LogP contribution in [0.25, 0.3) is 0 Å². The molecule has 122 valence electrons. The molecule has 0 aliphatic rings. The first-order valence-electron chi connectivity index (χ1n) is 6.71. The Labute approximate surface area is 137 Å². The van der Waals surface area contributed by atoms with Crippen molar-refractivity contribution in [2.45, 2.75) is 20.8 Å². The van der Waals surface area contributed by atoms with Crippen molar-refractivity contribution in [1.29, 1.82) is 0 Å². The molecular weight excluding hydrogens is 325 g/mol. The van der Waals surface area contributed by atoms with Gasteiger partial charge in [-0.25, -0.2) is 4.39 Å². The van der Waals surface area contributed by atoms with Crippen molar-refractivity contribution in [3.8, 4) is 0 Å². The first kappa shape index (κ1) is 17.0. The van der Waals surface area contributed by atoms with Gasteiger partial charge in [-0.1, -0.05) is 16.8 Å². The maximum atomic E-state index is 13.1. The number of hydrogen-bond acceptors (Lipinski definition) is 4. The van der Waals surface area contributed by atoms with E-state index in [9.17, 15) is 14.0 Å². The molecule has 2 aromatic rings. The van der Waals surface area contributed by atoms with Crippen LogP contribution in [0, 0.1) is 18.2 Å². The zero-order chi connectivity index (χ0) is 17.2. The number of carbonyl (C=O) groups excluding carboxylic acids is 2. The summed E-state index contributed by atoms with van der Waals surface area (Å²) in [6.07, 6.45) is 0. The van der Waals surface area contributed by atoms with E-state index in [0.29, 0.717) is 11.4 Å². The highest BCUT2D eigenvalue weighted by atomic mass is 35.5. The number of benzene rings is 1. The molecule has 0 radical (unpaired) electrons. The van der Waals surface area contributed by atoms with Crippen molar-refractivity contribution in [2.24, 2.45) is 5.41 Å². The van der Waals surface area contributed by atoms with Crippen molar-refractivity contribution in [3.05, 3.63) is 40.9 Å². The number of rotatable bonds is 4. The number of aromatic nitrogens is 1. The second kappa shape index (κ2) is 6.37. The van der Waals surface area contributed by atoms with Crippen LogP contribution in [0.2, 0.25) is 5.02 Å². The number of anilines is 2. The van der Waals surface area contributed by atoms with Gasteiger partial charge in [0.2, 0.25) is 11.8 Å². The molecule has 0 bridgehead atoms. The Morgan fingerprint density at radius 3 is 2.43 bits per heavy atom. The van der Waals surface area contributed by atoms with Gasteiger partial charge in [-0.15, -0.1) is 0 Å². The Morgan fingerprint density at radius 1 is 1.22 bits per heavy atom. The van der Waals surface area contributed by atoms with Gasteiger partial charge in [0, 0.05) is 11.8 Å². The molecule has 1 heterocycles. The molecular formula is C15H15ClFN3O3. The highest BCUT2D eigenvalue weighted by molar-refractivity contribution is 6.31. The third-order valence-corrected chi connectivity index (χ3v) is 3.47. The summed E-state index contributed by atoms with van der Waals surface area (Å²) in [5, 5.41) is 8.54. The van der Waals surface area contributed by atoms with Crippen LogP contribution in [0.15, 0.2) is 28.8 Å². The molecule has 8 heteroatoms. The minimum absolute atomic E-state index is 0.122. The number of hydrogen-bond donors (Lipinski definition) is 2.